The predicted molar refractivity (Wildman–Crippen MR) is 64.2 cm³/mol. The summed E-state index contributed by atoms with van der Waals surface area (Å²) in [6, 6.07) is 8.47. The monoisotopic (exact) mass is 264 g/mol. The quantitative estimate of drug-likeness (QED) is 0.823. The predicted octanol–water partition coefficient (Wildman–Crippen LogP) is 1.42. The normalized spacial score (nSPS) is 16.4. The van der Waals surface area contributed by atoms with Crippen LogP contribution in [0.15, 0.2) is 45.9 Å². The maximum atomic E-state index is 12.4. The molecule has 6 heteroatoms. The lowest BCUT2D eigenvalue weighted by Crippen LogP contribution is -2.35. The lowest BCUT2D eigenvalue weighted by molar-refractivity contribution is 0.331. The van der Waals surface area contributed by atoms with E-state index in [1.165, 1.54) is 4.31 Å². The molecule has 0 fully saturated rings. The second kappa shape index (κ2) is 4.22. The van der Waals surface area contributed by atoms with E-state index in [1.54, 1.807) is 36.5 Å². The summed E-state index contributed by atoms with van der Waals surface area (Å²) in [7, 11) is -3.42. The first kappa shape index (κ1) is 11.4. The number of aromatic nitrogens is 1. The molecule has 0 aliphatic carbocycles. The Kier molecular flexibility index (Phi) is 2.68. The third-order valence-corrected chi connectivity index (χ3v) is 4.90. The van der Waals surface area contributed by atoms with Crippen molar-refractivity contribution in [2.24, 2.45) is 0 Å². The maximum Gasteiger partial charge on any atom is 0.243 e. The van der Waals surface area contributed by atoms with Crippen LogP contribution in [-0.2, 0) is 23.0 Å². The summed E-state index contributed by atoms with van der Waals surface area (Å²) in [6.45, 7) is 0.759. The fourth-order valence-corrected chi connectivity index (χ4v) is 3.50. The highest BCUT2D eigenvalue weighted by Gasteiger charge is 2.29. The molecule has 2 heterocycles. The fourth-order valence-electron chi connectivity index (χ4n) is 2.06. The number of hydrogen-bond donors (Lipinski definition) is 0. The SMILES string of the molecule is O=S(=O)(c1ccccc1)N1CCc2oncc2C1. The van der Waals surface area contributed by atoms with Crippen LogP contribution in [-0.4, -0.2) is 24.4 Å². The van der Waals surface area contributed by atoms with Crippen LogP contribution >= 0.6 is 0 Å². The van der Waals surface area contributed by atoms with E-state index in [2.05, 4.69) is 5.16 Å². The van der Waals surface area contributed by atoms with Gasteiger partial charge in [-0.15, -0.1) is 0 Å². The van der Waals surface area contributed by atoms with Crippen molar-refractivity contribution in [2.75, 3.05) is 6.54 Å². The standard InChI is InChI=1S/C12H12N2O3S/c15-18(16,11-4-2-1-3-5-11)14-7-6-12-10(9-14)8-13-17-12/h1-5,8H,6-7,9H2. The summed E-state index contributed by atoms with van der Waals surface area (Å²) >= 11 is 0. The van der Waals surface area contributed by atoms with Crippen molar-refractivity contribution in [1.29, 1.82) is 0 Å². The van der Waals surface area contributed by atoms with Gasteiger partial charge >= 0.3 is 0 Å². The number of benzene rings is 1. The van der Waals surface area contributed by atoms with Crippen LogP contribution < -0.4 is 0 Å². The molecule has 1 aliphatic rings. The smallest absolute Gasteiger partial charge is 0.243 e. The maximum absolute atomic E-state index is 12.4. The third kappa shape index (κ3) is 1.83. The lowest BCUT2D eigenvalue weighted by atomic mass is 10.1. The van der Waals surface area contributed by atoms with E-state index < -0.39 is 10.0 Å². The zero-order chi connectivity index (χ0) is 12.6. The largest absolute Gasteiger partial charge is 0.361 e. The van der Waals surface area contributed by atoms with E-state index in [4.69, 9.17) is 4.52 Å². The van der Waals surface area contributed by atoms with Gasteiger partial charge in [0.15, 0.2) is 0 Å². The van der Waals surface area contributed by atoms with Gasteiger partial charge < -0.3 is 4.52 Å². The molecule has 0 amide bonds. The Hall–Kier alpha value is -1.66. The third-order valence-electron chi connectivity index (χ3n) is 3.05. The van der Waals surface area contributed by atoms with Crippen LogP contribution in [0.5, 0.6) is 0 Å². The molecule has 3 rings (SSSR count). The van der Waals surface area contributed by atoms with Crippen molar-refractivity contribution in [3.8, 4) is 0 Å². The molecule has 5 nitrogen and oxygen atoms in total. The molecule has 18 heavy (non-hydrogen) atoms. The molecule has 0 spiro atoms. The molecule has 1 aromatic carbocycles. The molecule has 1 aliphatic heterocycles. The summed E-state index contributed by atoms with van der Waals surface area (Å²) in [5.41, 5.74) is 0.848. The highest BCUT2D eigenvalue weighted by Crippen LogP contribution is 2.24. The minimum atomic E-state index is -3.42. The topological polar surface area (TPSA) is 63.4 Å². The van der Waals surface area contributed by atoms with Crippen LogP contribution in [0.3, 0.4) is 0 Å². The summed E-state index contributed by atoms with van der Waals surface area (Å²) in [4.78, 5) is 0.324. The van der Waals surface area contributed by atoms with E-state index >= 15 is 0 Å². The van der Waals surface area contributed by atoms with E-state index in [0.29, 0.717) is 24.4 Å². The molecule has 0 bridgehead atoms. The van der Waals surface area contributed by atoms with Gasteiger partial charge in [0.2, 0.25) is 10.0 Å². The highest BCUT2D eigenvalue weighted by atomic mass is 32.2. The molecule has 1 aromatic heterocycles. The van der Waals surface area contributed by atoms with Crippen molar-refractivity contribution in [3.05, 3.63) is 47.9 Å². The average Bonchev–Trinajstić information content (AvgIpc) is 2.87. The van der Waals surface area contributed by atoms with Gasteiger partial charge in [0.1, 0.15) is 5.76 Å². The Morgan fingerprint density at radius 2 is 2.00 bits per heavy atom. The van der Waals surface area contributed by atoms with Gasteiger partial charge in [-0.1, -0.05) is 23.4 Å². The average molecular weight is 264 g/mol. The fraction of sp³-hybridized carbons (Fsp3) is 0.250. The van der Waals surface area contributed by atoms with E-state index in [-0.39, 0.29) is 0 Å². The second-order valence-electron chi connectivity index (χ2n) is 4.18. The van der Waals surface area contributed by atoms with E-state index in [9.17, 15) is 8.42 Å². The van der Waals surface area contributed by atoms with Crippen molar-refractivity contribution in [1.82, 2.24) is 9.46 Å². The molecular formula is C12H12N2O3S. The first-order valence-electron chi connectivity index (χ1n) is 5.65. The second-order valence-corrected chi connectivity index (χ2v) is 6.11. The summed E-state index contributed by atoms with van der Waals surface area (Å²) < 4.78 is 31.3. The minimum absolute atomic E-state index is 0.324. The Balaban J connectivity index is 1.93. The molecule has 2 aromatic rings. The van der Waals surface area contributed by atoms with Crippen molar-refractivity contribution in [2.45, 2.75) is 17.9 Å². The van der Waals surface area contributed by atoms with Gasteiger partial charge in [-0.2, -0.15) is 4.31 Å². The summed E-state index contributed by atoms with van der Waals surface area (Å²) in [5, 5.41) is 3.70. The highest BCUT2D eigenvalue weighted by molar-refractivity contribution is 7.89. The van der Waals surface area contributed by atoms with Crippen molar-refractivity contribution >= 4 is 10.0 Å². The van der Waals surface area contributed by atoms with Gasteiger partial charge in [0.25, 0.3) is 0 Å². The Bertz CT molecular complexity index is 649. The van der Waals surface area contributed by atoms with Gasteiger partial charge in [0, 0.05) is 25.1 Å². The van der Waals surface area contributed by atoms with Crippen molar-refractivity contribution in [3.63, 3.8) is 0 Å². The first-order valence-corrected chi connectivity index (χ1v) is 7.09. The Labute approximate surface area is 105 Å². The molecule has 94 valence electrons. The summed E-state index contributed by atoms with van der Waals surface area (Å²) in [6.07, 6.45) is 2.16. The van der Waals surface area contributed by atoms with E-state index in [0.717, 1.165) is 11.3 Å². The van der Waals surface area contributed by atoms with Gasteiger partial charge in [-0.25, -0.2) is 8.42 Å². The molecule has 0 unspecified atom stereocenters. The number of rotatable bonds is 2. The van der Waals surface area contributed by atoms with Crippen molar-refractivity contribution < 1.29 is 12.9 Å². The zero-order valence-corrected chi connectivity index (χ0v) is 10.4. The van der Waals surface area contributed by atoms with Gasteiger partial charge in [0.05, 0.1) is 11.1 Å². The van der Waals surface area contributed by atoms with Crippen LogP contribution in [0.4, 0.5) is 0 Å². The number of hydrogen-bond acceptors (Lipinski definition) is 4. The lowest BCUT2D eigenvalue weighted by Gasteiger charge is -2.24. The number of fused-ring (bicyclic) bond motifs is 1. The minimum Gasteiger partial charge on any atom is -0.361 e. The molecular weight excluding hydrogens is 252 g/mol. The van der Waals surface area contributed by atoms with E-state index in [1.807, 2.05) is 0 Å². The van der Waals surface area contributed by atoms with Gasteiger partial charge in [-0.05, 0) is 12.1 Å². The van der Waals surface area contributed by atoms with Crippen LogP contribution in [0, 0.1) is 0 Å². The zero-order valence-electron chi connectivity index (χ0n) is 9.61. The van der Waals surface area contributed by atoms with Gasteiger partial charge in [-0.3, -0.25) is 0 Å². The first-order chi connectivity index (χ1) is 8.68. The summed E-state index contributed by atoms with van der Waals surface area (Å²) in [5.74, 6) is 0.787. The molecule has 0 saturated carbocycles. The molecule has 0 radical (unpaired) electrons. The Morgan fingerprint density at radius 1 is 1.22 bits per heavy atom. The van der Waals surface area contributed by atoms with Crippen LogP contribution in [0.1, 0.15) is 11.3 Å². The molecule has 0 N–H and O–H groups in total. The van der Waals surface area contributed by atoms with Crippen LogP contribution in [0.2, 0.25) is 0 Å². The number of nitrogens with zero attached hydrogens (tertiary/aromatic N) is 2. The molecule has 0 saturated heterocycles. The number of sulfonamides is 1. The Morgan fingerprint density at radius 3 is 2.78 bits per heavy atom. The van der Waals surface area contributed by atoms with Crippen LogP contribution in [0.25, 0.3) is 0 Å². The molecule has 0 atom stereocenters.